The quantitative estimate of drug-likeness (QED) is 0.758. The van der Waals surface area contributed by atoms with Gasteiger partial charge in [-0.3, -0.25) is 4.79 Å². The number of aryl methyl sites for hydroxylation is 1. The molecule has 98 valence electrons. The molecule has 0 fully saturated rings. The number of fused-ring (bicyclic) bond motifs is 1. The number of nitrogen functional groups attached to an aromatic ring is 1. The molecule has 19 heavy (non-hydrogen) atoms. The molecule has 3 rings (SSSR count). The van der Waals surface area contributed by atoms with Crippen LogP contribution in [-0.2, 0) is 17.8 Å². The van der Waals surface area contributed by atoms with Gasteiger partial charge in [-0.25, -0.2) is 4.68 Å². The molecule has 7 nitrogen and oxygen atoms in total. The predicted molar refractivity (Wildman–Crippen MR) is 67.9 cm³/mol. The number of aromatic nitrogens is 4. The van der Waals surface area contributed by atoms with E-state index in [0.717, 1.165) is 24.1 Å². The standard InChI is InChI=1S/C12H14N6O/c13-9-2-3-10-8(5-9)1-4-11(10)15-12(19)6-18-7-14-16-17-18/h2-3,5,7,11H,1,4,6,13H2,(H,15,19). The normalized spacial score (nSPS) is 17.2. The van der Waals surface area contributed by atoms with Crippen molar-refractivity contribution in [3.63, 3.8) is 0 Å². The maximum Gasteiger partial charge on any atom is 0.242 e. The van der Waals surface area contributed by atoms with Gasteiger partial charge in [0.05, 0.1) is 6.04 Å². The SMILES string of the molecule is Nc1ccc2c(c1)CCC2NC(=O)Cn1cnnn1. The largest absolute Gasteiger partial charge is 0.399 e. The molecule has 1 aliphatic carbocycles. The van der Waals surface area contributed by atoms with Crippen molar-refractivity contribution < 1.29 is 4.79 Å². The summed E-state index contributed by atoms with van der Waals surface area (Å²) in [5.74, 6) is -0.0954. The molecule has 1 heterocycles. The number of nitrogens with zero attached hydrogens (tertiary/aromatic N) is 4. The van der Waals surface area contributed by atoms with Crippen molar-refractivity contribution in [3.05, 3.63) is 35.7 Å². The Morgan fingerprint density at radius 1 is 1.53 bits per heavy atom. The minimum absolute atomic E-state index is 0.0552. The molecule has 1 amide bonds. The van der Waals surface area contributed by atoms with E-state index in [2.05, 4.69) is 20.8 Å². The molecule has 0 spiro atoms. The zero-order valence-corrected chi connectivity index (χ0v) is 10.3. The first kappa shape index (κ1) is 11.6. The van der Waals surface area contributed by atoms with Crippen LogP contribution in [0.4, 0.5) is 5.69 Å². The van der Waals surface area contributed by atoms with E-state index < -0.39 is 0 Å². The Hall–Kier alpha value is -2.44. The van der Waals surface area contributed by atoms with E-state index in [4.69, 9.17) is 5.73 Å². The molecule has 7 heteroatoms. The van der Waals surface area contributed by atoms with Crippen LogP contribution in [0.3, 0.4) is 0 Å². The predicted octanol–water partition coefficient (Wildman–Crippen LogP) is 0.0590. The third-order valence-electron chi connectivity index (χ3n) is 3.28. The van der Waals surface area contributed by atoms with Crippen LogP contribution in [0.1, 0.15) is 23.6 Å². The van der Waals surface area contributed by atoms with E-state index in [1.54, 1.807) is 0 Å². The monoisotopic (exact) mass is 258 g/mol. The van der Waals surface area contributed by atoms with Gasteiger partial charge in [-0.15, -0.1) is 5.10 Å². The first-order valence-electron chi connectivity index (χ1n) is 6.11. The molecule has 1 aromatic heterocycles. The summed E-state index contributed by atoms with van der Waals surface area (Å²) < 4.78 is 1.40. The van der Waals surface area contributed by atoms with E-state index in [9.17, 15) is 4.79 Å². The van der Waals surface area contributed by atoms with Crippen molar-refractivity contribution in [2.75, 3.05) is 5.73 Å². The van der Waals surface area contributed by atoms with Crippen molar-refractivity contribution in [1.82, 2.24) is 25.5 Å². The highest BCUT2D eigenvalue weighted by Gasteiger charge is 2.23. The van der Waals surface area contributed by atoms with Gasteiger partial charge >= 0.3 is 0 Å². The molecule has 0 bridgehead atoms. The lowest BCUT2D eigenvalue weighted by molar-refractivity contribution is -0.122. The fourth-order valence-electron chi connectivity index (χ4n) is 2.43. The summed E-state index contributed by atoms with van der Waals surface area (Å²) in [5.41, 5.74) is 8.89. The minimum Gasteiger partial charge on any atom is -0.399 e. The van der Waals surface area contributed by atoms with E-state index in [-0.39, 0.29) is 18.5 Å². The minimum atomic E-state index is -0.0954. The third kappa shape index (κ3) is 2.40. The lowest BCUT2D eigenvalue weighted by Crippen LogP contribution is -2.30. The smallest absolute Gasteiger partial charge is 0.242 e. The molecule has 3 N–H and O–H groups in total. The number of hydrogen-bond acceptors (Lipinski definition) is 5. The van der Waals surface area contributed by atoms with Gasteiger partial charge in [-0.2, -0.15) is 0 Å². The van der Waals surface area contributed by atoms with E-state index in [1.807, 2.05) is 18.2 Å². The summed E-state index contributed by atoms with van der Waals surface area (Å²) in [5, 5.41) is 13.6. The van der Waals surface area contributed by atoms with Crippen LogP contribution in [0.5, 0.6) is 0 Å². The number of nitrogens with one attached hydrogen (secondary N) is 1. The number of rotatable bonds is 3. The number of carbonyl (C=O) groups excluding carboxylic acids is 1. The van der Waals surface area contributed by atoms with Crippen molar-refractivity contribution in [2.45, 2.75) is 25.4 Å². The summed E-state index contributed by atoms with van der Waals surface area (Å²) in [7, 11) is 0. The fraction of sp³-hybridized carbons (Fsp3) is 0.333. The zero-order valence-electron chi connectivity index (χ0n) is 10.3. The van der Waals surface area contributed by atoms with Crippen molar-refractivity contribution in [3.8, 4) is 0 Å². The number of amides is 1. The molecular weight excluding hydrogens is 244 g/mol. The van der Waals surface area contributed by atoms with Gasteiger partial charge in [0.15, 0.2) is 0 Å². The van der Waals surface area contributed by atoms with Gasteiger partial charge in [-0.05, 0) is 46.5 Å². The van der Waals surface area contributed by atoms with E-state index in [0.29, 0.717) is 0 Å². The summed E-state index contributed by atoms with van der Waals surface area (Å²) >= 11 is 0. The molecule has 1 unspecified atom stereocenters. The first-order chi connectivity index (χ1) is 9.22. The summed E-state index contributed by atoms with van der Waals surface area (Å²) in [4.78, 5) is 11.9. The maximum absolute atomic E-state index is 11.9. The molecule has 1 aromatic carbocycles. The van der Waals surface area contributed by atoms with Crippen molar-refractivity contribution in [1.29, 1.82) is 0 Å². The molecule has 0 aliphatic heterocycles. The highest BCUT2D eigenvalue weighted by Crippen LogP contribution is 2.32. The fourth-order valence-corrected chi connectivity index (χ4v) is 2.43. The maximum atomic E-state index is 11.9. The van der Waals surface area contributed by atoms with Crippen LogP contribution in [-0.4, -0.2) is 26.1 Å². The van der Waals surface area contributed by atoms with Gasteiger partial charge in [-0.1, -0.05) is 6.07 Å². The number of carbonyl (C=O) groups is 1. The Morgan fingerprint density at radius 3 is 3.21 bits per heavy atom. The van der Waals surface area contributed by atoms with E-state index in [1.165, 1.54) is 16.6 Å². The third-order valence-corrected chi connectivity index (χ3v) is 3.28. The van der Waals surface area contributed by atoms with Gasteiger partial charge in [0.25, 0.3) is 0 Å². The highest BCUT2D eigenvalue weighted by atomic mass is 16.2. The van der Waals surface area contributed by atoms with Crippen LogP contribution in [0.15, 0.2) is 24.5 Å². The zero-order chi connectivity index (χ0) is 13.2. The Kier molecular flexibility index (Phi) is 2.86. The second kappa shape index (κ2) is 4.68. The molecule has 1 aliphatic rings. The van der Waals surface area contributed by atoms with E-state index >= 15 is 0 Å². The molecule has 1 atom stereocenters. The molecule has 0 saturated carbocycles. The number of benzene rings is 1. The van der Waals surface area contributed by atoms with Crippen molar-refractivity contribution in [2.24, 2.45) is 0 Å². The van der Waals surface area contributed by atoms with Crippen LogP contribution in [0.2, 0.25) is 0 Å². The van der Waals surface area contributed by atoms with Gasteiger partial charge in [0.1, 0.15) is 12.9 Å². The van der Waals surface area contributed by atoms with Crippen LogP contribution >= 0.6 is 0 Å². The lowest BCUT2D eigenvalue weighted by atomic mass is 10.1. The van der Waals surface area contributed by atoms with Gasteiger partial charge < -0.3 is 11.1 Å². The van der Waals surface area contributed by atoms with Crippen LogP contribution in [0.25, 0.3) is 0 Å². The van der Waals surface area contributed by atoms with Crippen LogP contribution in [0, 0.1) is 0 Å². The second-order valence-corrected chi connectivity index (χ2v) is 4.62. The van der Waals surface area contributed by atoms with Crippen LogP contribution < -0.4 is 11.1 Å². The number of nitrogens with two attached hydrogens (primary N) is 1. The van der Waals surface area contributed by atoms with Crippen molar-refractivity contribution >= 4 is 11.6 Å². The topological polar surface area (TPSA) is 98.7 Å². The average molecular weight is 258 g/mol. The Morgan fingerprint density at radius 2 is 2.42 bits per heavy atom. The average Bonchev–Trinajstić information content (AvgIpc) is 2.99. The lowest BCUT2D eigenvalue weighted by Gasteiger charge is -2.14. The number of tetrazole rings is 1. The first-order valence-corrected chi connectivity index (χ1v) is 6.11. The van der Waals surface area contributed by atoms with Gasteiger partial charge in [0, 0.05) is 5.69 Å². The second-order valence-electron chi connectivity index (χ2n) is 4.62. The molecular formula is C12H14N6O. The Balaban J connectivity index is 1.67. The molecule has 0 radical (unpaired) electrons. The summed E-state index contributed by atoms with van der Waals surface area (Å²) in [6.45, 7) is 0.133. The summed E-state index contributed by atoms with van der Waals surface area (Å²) in [6, 6.07) is 5.88. The Labute approximate surface area is 109 Å². The summed E-state index contributed by atoms with van der Waals surface area (Å²) in [6.07, 6.45) is 3.26. The van der Waals surface area contributed by atoms with Gasteiger partial charge in [0.2, 0.25) is 5.91 Å². The molecule has 2 aromatic rings. The number of hydrogen-bond donors (Lipinski definition) is 2. The molecule has 0 saturated heterocycles. The number of anilines is 1. The highest BCUT2D eigenvalue weighted by molar-refractivity contribution is 5.76. The Bertz CT molecular complexity index is 594.